The minimum Gasteiger partial charge on any atom is -0.361 e. The first-order valence-corrected chi connectivity index (χ1v) is 7.97. The van der Waals surface area contributed by atoms with Gasteiger partial charge in [0, 0.05) is 25.2 Å². The summed E-state index contributed by atoms with van der Waals surface area (Å²) in [6.45, 7) is 3.19. The van der Waals surface area contributed by atoms with Crippen molar-refractivity contribution in [1.29, 1.82) is 0 Å². The predicted molar refractivity (Wildman–Crippen MR) is 97.9 cm³/mol. The number of carbonyl (C=O) groups is 1. The molecular weight excluding hydrogens is 316 g/mol. The molecule has 0 bridgehead atoms. The zero-order chi connectivity index (χ0) is 16.2. The molecule has 1 amide bonds. The number of carbonyl (C=O) groups excluding carboxylic acids is 1. The van der Waals surface area contributed by atoms with Crippen molar-refractivity contribution in [3.63, 3.8) is 0 Å². The van der Waals surface area contributed by atoms with Crippen molar-refractivity contribution < 1.29 is 4.79 Å². The molecule has 1 aromatic carbocycles. The summed E-state index contributed by atoms with van der Waals surface area (Å²) in [6.07, 6.45) is 2.52. The quantitative estimate of drug-likeness (QED) is 0.387. The average Bonchev–Trinajstić information content (AvgIpc) is 2.52. The highest BCUT2D eigenvalue weighted by Gasteiger charge is 2.00. The Balaban J connectivity index is 2.23. The maximum Gasteiger partial charge on any atom is 0.220 e. The van der Waals surface area contributed by atoms with Crippen molar-refractivity contribution in [2.24, 2.45) is 4.99 Å². The van der Waals surface area contributed by atoms with Gasteiger partial charge in [-0.15, -0.1) is 0 Å². The van der Waals surface area contributed by atoms with Gasteiger partial charge < -0.3 is 16.0 Å². The highest BCUT2D eigenvalue weighted by molar-refractivity contribution is 7.80. The maximum absolute atomic E-state index is 11.4. The van der Waals surface area contributed by atoms with Crippen LogP contribution < -0.4 is 16.0 Å². The van der Waals surface area contributed by atoms with Crippen LogP contribution in [0.1, 0.15) is 26.2 Å². The summed E-state index contributed by atoms with van der Waals surface area (Å²) in [5, 5.41) is 11.8. The fraction of sp³-hybridized carbons (Fsp3) is 0.400. The van der Waals surface area contributed by atoms with E-state index in [4.69, 9.17) is 12.2 Å². The van der Waals surface area contributed by atoms with Crippen molar-refractivity contribution in [2.45, 2.75) is 26.2 Å². The third kappa shape index (κ3) is 7.83. The first-order chi connectivity index (χ1) is 10.7. The minimum atomic E-state index is 0.0808. The van der Waals surface area contributed by atoms with Gasteiger partial charge in [-0.3, -0.25) is 4.79 Å². The van der Waals surface area contributed by atoms with Gasteiger partial charge >= 0.3 is 0 Å². The molecule has 0 aliphatic carbocycles. The molecule has 1 aromatic rings. The Bertz CT molecular complexity index is 539. The molecule has 0 radical (unpaired) electrons. The number of hydrogen-bond donors (Lipinski definition) is 3. The number of thiocarbonyl (C=S) groups is 2. The van der Waals surface area contributed by atoms with E-state index in [0.29, 0.717) is 24.6 Å². The zero-order valence-corrected chi connectivity index (χ0v) is 14.1. The molecule has 0 aromatic heterocycles. The van der Waals surface area contributed by atoms with Crippen LogP contribution in [0, 0.1) is 0 Å². The van der Waals surface area contributed by atoms with Crippen molar-refractivity contribution in [3.8, 4) is 0 Å². The molecule has 118 valence electrons. The molecule has 1 rings (SSSR count). The summed E-state index contributed by atoms with van der Waals surface area (Å²) in [5.41, 5.74) is 1.60. The second kappa shape index (κ2) is 10.8. The van der Waals surface area contributed by atoms with E-state index in [0.717, 1.165) is 24.2 Å². The molecule has 0 saturated carbocycles. The van der Waals surface area contributed by atoms with E-state index in [2.05, 4.69) is 45.2 Å². The number of nitrogens with zero attached hydrogens (tertiary/aromatic N) is 1. The highest BCUT2D eigenvalue weighted by atomic mass is 32.1. The summed E-state index contributed by atoms with van der Waals surface area (Å²) in [4.78, 5) is 15.3. The molecule has 5 nitrogen and oxygen atoms in total. The fourth-order valence-electron chi connectivity index (χ4n) is 1.65. The Morgan fingerprint density at radius 2 is 1.91 bits per heavy atom. The largest absolute Gasteiger partial charge is 0.361 e. The lowest BCUT2D eigenvalue weighted by Crippen LogP contribution is -2.36. The van der Waals surface area contributed by atoms with E-state index in [1.165, 1.54) is 0 Å². The highest BCUT2D eigenvalue weighted by Crippen LogP contribution is 2.15. The number of isothiocyanates is 1. The second-order valence-electron chi connectivity index (χ2n) is 4.58. The van der Waals surface area contributed by atoms with Crippen molar-refractivity contribution in [1.82, 2.24) is 10.6 Å². The van der Waals surface area contributed by atoms with Gasteiger partial charge in [0.1, 0.15) is 0 Å². The van der Waals surface area contributed by atoms with Gasteiger partial charge in [-0.2, -0.15) is 4.99 Å². The number of aliphatic imine (C=N–C) groups is 1. The summed E-state index contributed by atoms with van der Waals surface area (Å²) in [6, 6.07) is 7.34. The molecule has 0 unspecified atom stereocenters. The first-order valence-electron chi connectivity index (χ1n) is 7.15. The molecule has 7 heteroatoms. The fourth-order valence-corrected chi connectivity index (χ4v) is 1.98. The van der Waals surface area contributed by atoms with Gasteiger partial charge in [0.15, 0.2) is 5.11 Å². The molecule has 22 heavy (non-hydrogen) atoms. The van der Waals surface area contributed by atoms with Gasteiger partial charge in [-0.1, -0.05) is 13.3 Å². The molecule has 0 aliphatic heterocycles. The third-order valence-corrected chi connectivity index (χ3v) is 3.13. The number of nitrogens with one attached hydrogen (secondary N) is 3. The van der Waals surface area contributed by atoms with Gasteiger partial charge in [-0.05, 0) is 55.1 Å². The number of rotatable bonds is 8. The van der Waals surface area contributed by atoms with E-state index < -0.39 is 0 Å². The van der Waals surface area contributed by atoms with E-state index in [1.807, 2.05) is 24.3 Å². The molecule has 3 N–H and O–H groups in total. The van der Waals surface area contributed by atoms with Crippen LogP contribution in [0.15, 0.2) is 29.3 Å². The van der Waals surface area contributed by atoms with Crippen LogP contribution in [-0.2, 0) is 4.79 Å². The van der Waals surface area contributed by atoms with Crippen molar-refractivity contribution in [3.05, 3.63) is 24.3 Å². The van der Waals surface area contributed by atoms with Gasteiger partial charge in [0.2, 0.25) is 5.91 Å². The number of anilines is 1. The summed E-state index contributed by atoms with van der Waals surface area (Å²) in [5.74, 6) is 0.0808. The van der Waals surface area contributed by atoms with Crippen LogP contribution in [-0.4, -0.2) is 29.3 Å². The summed E-state index contributed by atoms with van der Waals surface area (Å²) in [7, 11) is 0. The van der Waals surface area contributed by atoms with Crippen molar-refractivity contribution in [2.75, 3.05) is 18.4 Å². The zero-order valence-electron chi connectivity index (χ0n) is 12.5. The molecule has 0 spiro atoms. The number of benzene rings is 1. The van der Waals surface area contributed by atoms with Crippen molar-refractivity contribution >= 4 is 52.0 Å². The van der Waals surface area contributed by atoms with Crippen LogP contribution in [0.5, 0.6) is 0 Å². The third-order valence-electron chi connectivity index (χ3n) is 2.79. The van der Waals surface area contributed by atoms with Crippen LogP contribution >= 0.6 is 24.4 Å². The molecule has 0 saturated heterocycles. The SMILES string of the molecule is CCCCC(=O)NCCNC(=S)Nc1ccc(N=C=S)cc1. The Hall–Kier alpha value is -1.82. The maximum atomic E-state index is 11.4. The summed E-state index contributed by atoms with van der Waals surface area (Å²) < 4.78 is 0. The Labute approximate surface area is 141 Å². The lowest BCUT2D eigenvalue weighted by molar-refractivity contribution is -0.121. The standard InChI is InChI=1S/C15H20N4OS2/c1-2-3-4-14(20)16-9-10-17-15(22)19-13-7-5-12(6-8-13)18-11-21/h5-8H,2-4,9-10H2,1H3,(H,16,20)(H2,17,19,22). The number of hydrogen-bond acceptors (Lipinski definition) is 4. The molecule has 0 atom stereocenters. The van der Waals surface area contributed by atoms with Gasteiger partial charge in [-0.25, -0.2) is 0 Å². The van der Waals surface area contributed by atoms with Crippen LogP contribution in [0.25, 0.3) is 0 Å². The van der Waals surface area contributed by atoms with Gasteiger partial charge in [0.05, 0.1) is 10.8 Å². The molecule has 0 fully saturated rings. The monoisotopic (exact) mass is 336 g/mol. The van der Waals surface area contributed by atoms with E-state index in [9.17, 15) is 4.79 Å². The summed E-state index contributed by atoms with van der Waals surface area (Å²) >= 11 is 9.73. The van der Waals surface area contributed by atoms with Crippen LogP contribution in [0.4, 0.5) is 11.4 Å². The van der Waals surface area contributed by atoms with E-state index >= 15 is 0 Å². The molecular formula is C15H20N4OS2. The number of unbranched alkanes of at least 4 members (excludes halogenated alkanes) is 1. The Morgan fingerprint density at radius 3 is 2.55 bits per heavy atom. The average molecular weight is 336 g/mol. The van der Waals surface area contributed by atoms with Crippen LogP contribution in [0.3, 0.4) is 0 Å². The normalized spacial score (nSPS) is 9.50. The lowest BCUT2D eigenvalue weighted by atomic mass is 10.2. The molecule has 0 aliphatic rings. The van der Waals surface area contributed by atoms with Gasteiger partial charge in [0.25, 0.3) is 0 Å². The topological polar surface area (TPSA) is 65.5 Å². The first kappa shape index (κ1) is 18.2. The lowest BCUT2D eigenvalue weighted by Gasteiger charge is -2.11. The van der Waals surface area contributed by atoms with E-state index in [-0.39, 0.29) is 5.91 Å². The van der Waals surface area contributed by atoms with E-state index in [1.54, 1.807) is 0 Å². The number of amides is 1. The smallest absolute Gasteiger partial charge is 0.220 e. The minimum absolute atomic E-state index is 0.0808. The predicted octanol–water partition coefficient (Wildman–Crippen LogP) is 3.01. The Morgan fingerprint density at radius 1 is 1.23 bits per heavy atom. The molecule has 0 heterocycles. The van der Waals surface area contributed by atoms with Crippen LogP contribution in [0.2, 0.25) is 0 Å². The second-order valence-corrected chi connectivity index (χ2v) is 5.18. The Kier molecular flexibility index (Phi) is 8.98.